The van der Waals surface area contributed by atoms with Crippen LogP contribution in [0.15, 0.2) is 12.3 Å². The second-order valence-electron chi connectivity index (χ2n) is 6.10. The standard InChI is InChI=1S/C14H23FO7S/c1-7-19-11(16)14(8-20-13(5,6)21-9-14)10(2)22-23(17,18)12(3,4)15/h2,7-9H2,1,3-6H3. The highest BCUT2D eigenvalue weighted by Gasteiger charge is 2.53. The van der Waals surface area contributed by atoms with Gasteiger partial charge in [-0.05, 0) is 34.6 Å². The first-order valence-corrected chi connectivity index (χ1v) is 8.46. The normalized spacial score (nSPS) is 20.6. The summed E-state index contributed by atoms with van der Waals surface area (Å²) in [4.78, 5) is 12.3. The number of halogens is 1. The number of hydrogen-bond acceptors (Lipinski definition) is 7. The number of carbonyl (C=O) groups excluding carboxylic acids is 1. The van der Waals surface area contributed by atoms with E-state index in [1.54, 1.807) is 20.8 Å². The molecule has 9 heteroatoms. The minimum atomic E-state index is -4.65. The number of carbonyl (C=O) groups is 1. The van der Waals surface area contributed by atoms with Crippen LogP contribution >= 0.6 is 0 Å². The number of rotatable bonds is 6. The molecule has 0 bridgehead atoms. The SMILES string of the molecule is C=C(OS(=O)(=O)C(C)(C)F)C1(C(=O)OCC)COC(C)(C)OC1. The molecule has 1 rings (SSSR count). The van der Waals surface area contributed by atoms with E-state index in [1.165, 1.54) is 0 Å². The first-order chi connectivity index (χ1) is 10.3. The Balaban J connectivity index is 3.12. The van der Waals surface area contributed by atoms with Crippen molar-refractivity contribution in [2.75, 3.05) is 19.8 Å². The van der Waals surface area contributed by atoms with Crippen molar-refractivity contribution in [1.29, 1.82) is 0 Å². The second kappa shape index (κ2) is 6.37. The van der Waals surface area contributed by atoms with Crippen LogP contribution in [0, 0.1) is 5.41 Å². The first kappa shape index (κ1) is 19.9. The van der Waals surface area contributed by atoms with Crippen LogP contribution in [0.1, 0.15) is 34.6 Å². The Kier molecular flexibility index (Phi) is 5.50. The molecule has 0 amide bonds. The van der Waals surface area contributed by atoms with Crippen molar-refractivity contribution in [1.82, 2.24) is 0 Å². The van der Waals surface area contributed by atoms with Gasteiger partial charge in [0, 0.05) is 0 Å². The van der Waals surface area contributed by atoms with E-state index in [0.29, 0.717) is 0 Å². The molecule has 23 heavy (non-hydrogen) atoms. The highest BCUT2D eigenvalue weighted by molar-refractivity contribution is 7.88. The number of hydrogen-bond donors (Lipinski definition) is 0. The smallest absolute Gasteiger partial charge is 0.343 e. The van der Waals surface area contributed by atoms with Gasteiger partial charge in [0.05, 0.1) is 19.8 Å². The lowest BCUT2D eigenvalue weighted by molar-refractivity contribution is -0.280. The van der Waals surface area contributed by atoms with Crippen LogP contribution in [0.3, 0.4) is 0 Å². The number of alkyl halides is 1. The molecule has 0 unspecified atom stereocenters. The second-order valence-corrected chi connectivity index (χ2v) is 8.15. The van der Waals surface area contributed by atoms with Crippen molar-refractivity contribution in [3.8, 4) is 0 Å². The van der Waals surface area contributed by atoms with Crippen LogP contribution in [0.4, 0.5) is 4.39 Å². The minimum Gasteiger partial charge on any atom is -0.465 e. The third-order valence-corrected chi connectivity index (χ3v) is 4.95. The van der Waals surface area contributed by atoms with Crippen molar-refractivity contribution in [3.63, 3.8) is 0 Å². The summed E-state index contributed by atoms with van der Waals surface area (Å²) in [6.07, 6.45) is 0. The third kappa shape index (κ3) is 4.21. The monoisotopic (exact) mass is 354 g/mol. The van der Waals surface area contributed by atoms with Crippen molar-refractivity contribution in [2.24, 2.45) is 5.41 Å². The summed E-state index contributed by atoms with van der Waals surface area (Å²) in [7, 11) is -4.65. The lowest BCUT2D eigenvalue weighted by Gasteiger charge is -2.41. The Labute approximate surface area is 135 Å². The van der Waals surface area contributed by atoms with Crippen LogP contribution in [-0.2, 0) is 33.3 Å². The molecule has 0 aromatic heterocycles. The van der Waals surface area contributed by atoms with Crippen LogP contribution in [0.25, 0.3) is 0 Å². The fourth-order valence-corrected chi connectivity index (χ4v) is 2.27. The van der Waals surface area contributed by atoms with E-state index < -0.39 is 38.0 Å². The zero-order valence-corrected chi connectivity index (χ0v) is 14.8. The van der Waals surface area contributed by atoms with Gasteiger partial charge in [-0.15, -0.1) is 0 Å². The zero-order chi connectivity index (χ0) is 18.1. The van der Waals surface area contributed by atoms with Gasteiger partial charge in [-0.25, -0.2) is 4.39 Å². The van der Waals surface area contributed by atoms with Gasteiger partial charge in [-0.2, -0.15) is 8.42 Å². The summed E-state index contributed by atoms with van der Waals surface area (Å²) in [6.45, 7) is 9.50. The molecule has 1 saturated heterocycles. The van der Waals surface area contributed by atoms with Gasteiger partial charge < -0.3 is 18.4 Å². The third-order valence-electron chi connectivity index (χ3n) is 3.34. The Bertz CT molecular complexity index is 564. The maximum absolute atomic E-state index is 13.8. The lowest BCUT2D eigenvalue weighted by Crippen LogP contribution is -2.53. The van der Waals surface area contributed by atoms with Crippen LogP contribution < -0.4 is 0 Å². The van der Waals surface area contributed by atoms with E-state index in [1.807, 2.05) is 0 Å². The van der Waals surface area contributed by atoms with Gasteiger partial charge in [0.25, 0.3) is 0 Å². The summed E-state index contributed by atoms with van der Waals surface area (Å²) < 4.78 is 58.0. The topological polar surface area (TPSA) is 88.1 Å². The molecule has 1 aliphatic rings. The molecule has 0 aromatic carbocycles. The fraction of sp³-hybridized carbons (Fsp3) is 0.786. The molecular weight excluding hydrogens is 331 g/mol. The van der Waals surface area contributed by atoms with Crippen LogP contribution in [0.5, 0.6) is 0 Å². The molecule has 1 fully saturated rings. The summed E-state index contributed by atoms with van der Waals surface area (Å²) in [6, 6.07) is 0. The summed E-state index contributed by atoms with van der Waals surface area (Å²) in [5.74, 6) is -2.28. The van der Waals surface area contributed by atoms with E-state index in [4.69, 9.17) is 18.4 Å². The van der Waals surface area contributed by atoms with Crippen molar-refractivity contribution < 1.29 is 36.0 Å². The predicted octanol–water partition coefficient (Wildman–Crippen LogP) is 1.88. The van der Waals surface area contributed by atoms with E-state index in [9.17, 15) is 17.6 Å². The minimum absolute atomic E-state index is 0.0542. The predicted molar refractivity (Wildman–Crippen MR) is 79.4 cm³/mol. The molecule has 7 nitrogen and oxygen atoms in total. The maximum Gasteiger partial charge on any atom is 0.343 e. The number of ether oxygens (including phenoxy) is 3. The molecule has 0 radical (unpaired) electrons. The van der Waals surface area contributed by atoms with Gasteiger partial charge in [0.2, 0.25) is 5.00 Å². The maximum atomic E-state index is 13.8. The molecule has 0 aromatic rings. The highest BCUT2D eigenvalue weighted by atomic mass is 32.2. The molecule has 0 saturated carbocycles. The molecule has 0 N–H and O–H groups in total. The quantitative estimate of drug-likeness (QED) is 0.409. The largest absolute Gasteiger partial charge is 0.465 e. The van der Waals surface area contributed by atoms with Gasteiger partial charge >= 0.3 is 16.1 Å². The highest BCUT2D eigenvalue weighted by Crippen LogP contribution is 2.39. The molecule has 134 valence electrons. The summed E-state index contributed by atoms with van der Waals surface area (Å²) in [5.41, 5.74) is -1.69. The zero-order valence-electron chi connectivity index (χ0n) is 14.0. The van der Waals surface area contributed by atoms with Gasteiger partial charge in [0.15, 0.2) is 11.2 Å². The number of esters is 1. The lowest BCUT2D eigenvalue weighted by atomic mass is 9.87. The van der Waals surface area contributed by atoms with Gasteiger partial charge in [0.1, 0.15) is 5.76 Å². The summed E-state index contributed by atoms with van der Waals surface area (Å²) in [5, 5.41) is -2.67. The molecule has 1 aliphatic heterocycles. The Hall–Kier alpha value is -1.19. The molecule has 0 spiro atoms. The van der Waals surface area contributed by atoms with E-state index >= 15 is 0 Å². The van der Waals surface area contributed by atoms with Crippen molar-refractivity contribution in [2.45, 2.75) is 45.4 Å². The molecule has 0 atom stereocenters. The van der Waals surface area contributed by atoms with E-state index in [2.05, 4.69) is 6.58 Å². The van der Waals surface area contributed by atoms with Crippen molar-refractivity contribution in [3.05, 3.63) is 12.3 Å². The summed E-state index contributed by atoms with van der Waals surface area (Å²) >= 11 is 0. The van der Waals surface area contributed by atoms with E-state index in [0.717, 1.165) is 13.8 Å². The molecule has 1 heterocycles. The van der Waals surface area contributed by atoms with E-state index in [-0.39, 0.29) is 19.8 Å². The Morgan fingerprint density at radius 3 is 2.17 bits per heavy atom. The van der Waals surface area contributed by atoms with Crippen molar-refractivity contribution >= 4 is 16.1 Å². The van der Waals surface area contributed by atoms with Crippen LogP contribution in [-0.4, -0.2) is 45.0 Å². The van der Waals surface area contributed by atoms with Gasteiger partial charge in [-0.1, -0.05) is 6.58 Å². The molecule has 0 aliphatic carbocycles. The first-order valence-electron chi connectivity index (χ1n) is 7.05. The Morgan fingerprint density at radius 2 is 1.78 bits per heavy atom. The van der Waals surface area contributed by atoms with Crippen LogP contribution in [0.2, 0.25) is 0 Å². The average molecular weight is 354 g/mol. The fourth-order valence-electron chi connectivity index (χ4n) is 1.65. The Morgan fingerprint density at radius 1 is 1.30 bits per heavy atom. The molecular formula is C14H23FO7S. The average Bonchev–Trinajstić information content (AvgIpc) is 2.37. The van der Waals surface area contributed by atoms with Gasteiger partial charge in [-0.3, -0.25) is 4.79 Å².